The second kappa shape index (κ2) is 11.7. The van der Waals surface area contributed by atoms with Gasteiger partial charge in [-0.05, 0) is 50.2 Å². The fraction of sp³-hybridized carbons (Fsp3) is 0.522. The SMILES string of the molecule is CCCCCCCC(=O)Nc1cccc(C2NC(=S)N(C)C(C)=C2C(=O)OCC)c1. The van der Waals surface area contributed by atoms with Gasteiger partial charge in [-0.2, -0.15) is 0 Å². The molecule has 1 aliphatic heterocycles. The number of benzene rings is 1. The Morgan fingerprint density at radius 1 is 1.20 bits per heavy atom. The summed E-state index contributed by atoms with van der Waals surface area (Å²) in [7, 11) is 1.82. The first kappa shape index (κ1) is 23.9. The number of unbranched alkanes of at least 4 members (excludes halogenated alkanes) is 4. The van der Waals surface area contributed by atoms with E-state index in [1.165, 1.54) is 19.3 Å². The molecular weight excluding hydrogens is 398 g/mol. The Morgan fingerprint density at radius 3 is 2.63 bits per heavy atom. The number of hydrogen-bond acceptors (Lipinski definition) is 4. The molecule has 0 aliphatic carbocycles. The first-order valence-electron chi connectivity index (χ1n) is 10.7. The predicted molar refractivity (Wildman–Crippen MR) is 124 cm³/mol. The third-order valence-corrected chi connectivity index (χ3v) is 5.65. The highest BCUT2D eigenvalue weighted by Crippen LogP contribution is 2.31. The van der Waals surface area contributed by atoms with Crippen molar-refractivity contribution in [1.29, 1.82) is 0 Å². The van der Waals surface area contributed by atoms with Gasteiger partial charge in [-0.3, -0.25) is 4.79 Å². The van der Waals surface area contributed by atoms with Gasteiger partial charge in [0, 0.05) is 24.9 Å². The number of allylic oxidation sites excluding steroid dienone is 1. The quantitative estimate of drug-likeness (QED) is 0.318. The van der Waals surface area contributed by atoms with E-state index in [-0.39, 0.29) is 11.9 Å². The summed E-state index contributed by atoms with van der Waals surface area (Å²) >= 11 is 5.43. The Bertz CT molecular complexity index is 807. The summed E-state index contributed by atoms with van der Waals surface area (Å²) in [5.74, 6) is -0.365. The topological polar surface area (TPSA) is 70.7 Å². The lowest BCUT2D eigenvalue weighted by Gasteiger charge is -2.35. The summed E-state index contributed by atoms with van der Waals surface area (Å²) < 4.78 is 5.28. The molecule has 2 rings (SSSR count). The maximum atomic E-state index is 12.6. The maximum absolute atomic E-state index is 12.6. The van der Waals surface area contributed by atoms with Gasteiger partial charge >= 0.3 is 5.97 Å². The van der Waals surface area contributed by atoms with Gasteiger partial charge in [-0.25, -0.2) is 4.79 Å². The second-order valence-electron chi connectivity index (χ2n) is 7.50. The Morgan fingerprint density at radius 2 is 1.93 bits per heavy atom. The predicted octanol–water partition coefficient (Wildman–Crippen LogP) is 4.68. The zero-order chi connectivity index (χ0) is 22.1. The van der Waals surface area contributed by atoms with Crippen molar-refractivity contribution in [2.75, 3.05) is 19.0 Å². The fourth-order valence-corrected chi connectivity index (χ4v) is 3.72. The molecule has 0 spiro atoms. The van der Waals surface area contributed by atoms with Gasteiger partial charge in [0.25, 0.3) is 0 Å². The van der Waals surface area contributed by atoms with Gasteiger partial charge in [0.15, 0.2) is 5.11 Å². The Kier molecular flexibility index (Phi) is 9.30. The molecule has 0 saturated heterocycles. The molecule has 7 heteroatoms. The zero-order valence-corrected chi connectivity index (χ0v) is 19.2. The lowest BCUT2D eigenvalue weighted by atomic mass is 9.95. The average Bonchev–Trinajstić information content (AvgIpc) is 2.72. The maximum Gasteiger partial charge on any atom is 0.338 e. The number of nitrogens with one attached hydrogen (secondary N) is 2. The number of anilines is 1. The van der Waals surface area contributed by atoms with E-state index in [2.05, 4.69) is 17.6 Å². The third kappa shape index (κ3) is 6.29. The molecule has 1 heterocycles. The molecule has 1 aromatic carbocycles. The van der Waals surface area contributed by atoms with Crippen LogP contribution in [-0.4, -0.2) is 35.5 Å². The van der Waals surface area contributed by atoms with E-state index in [1.807, 2.05) is 38.2 Å². The zero-order valence-electron chi connectivity index (χ0n) is 18.4. The molecule has 164 valence electrons. The van der Waals surface area contributed by atoms with Crippen LogP contribution >= 0.6 is 12.2 Å². The average molecular weight is 432 g/mol. The Hall–Kier alpha value is -2.41. The van der Waals surface area contributed by atoms with Crippen molar-refractivity contribution in [3.05, 3.63) is 41.1 Å². The largest absolute Gasteiger partial charge is 0.463 e. The van der Waals surface area contributed by atoms with Crippen molar-refractivity contribution < 1.29 is 14.3 Å². The normalized spacial score (nSPS) is 16.3. The Labute approximate surface area is 185 Å². The van der Waals surface area contributed by atoms with Gasteiger partial charge in [0.1, 0.15) is 0 Å². The van der Waals surface area contributed by atoms with Gasteiger partial charge in [-0.15, -0.1) is 0 Å². The second-order valence-corrected chi connectivity index (χ2v) is 7.89. The first-order valence-corrected chi connectivity index (χ1v) is 11.1. The van der Waals surface area contributed by atoms with Gasteiger partial charge in [0.05, 0.1) is 18.2 Å². The van der Waals surface area contributed by atoms with E-state index in [0.29, 0.717) is 29.4 Å². The van der Waals surface area contributed by atoms with Crippen LogP contribution in [0.4, 0.5) is 5.69 Å². The summed E-state index contributed by atoms with van der Waals surface area (Å²) in [5.41, 5.74) is 2.82. The van der Waals surface area contributed by atoms with Crippen molar-refractivity contribution in [2.45, 2.75) is 65.3 Å². The van der Waals surface area contributed by atoms with E-state index in [1.54, 1.807) is 11.8 Å². The molecular formula is C23H33N3O3S. The number of rotatable bonds is 10. The summed E-state index contributed by atoms with van der Waals surface area (Å²) in [4.78, 5) is 26.7. The molecule has 0 bridgehead atoms. The number of hydrogen-bond donors (Lipinski definition) is 2. The van der Waals surface area contributed by atoms with Crippen molar-refractivity contribution in [3.8, 4) is 0 Å². The smallest absolute Gasteiger partial charge is 0.338 e. The van der Waals surface area contributed by atoms with Crippen molar-refractivity contribution in [2.24, 2.45) is 0 Å². The number of amides is 1. The van der Waals surface area contributed by atoms with Gasteiger partial charge in [-0.1, -0.05) is 44.7 Å². The third-order valence-electron chi connectivity index (χ3n) is 5.26. The molecule has 1 atom stereocenters. The van der Waals surface area contributed by atoms with Crippen molar-refractivity contribution in [3.63, 3.8) is 0 Å². The van der Waals surface area contributed by atoms with E-state index in [4.69, 9.17) is 17.0 Å². The molecule has 6 nitrogen and oxygen atoms in total. The summed E-state index contributed by atoms with van der Waals surface area (Å²) in [6, 6.07) is 7.09. The monoisotopic (exact) mass is 431 g/mol. The molecule has 1 aliphatic rings. The number of nitrogens with zero attached hydrogens (tertiary/aromatic N) is 1. The van der Waals surface area contributed by atoms with Crippen LogP contribution in [0, 0.1) is 0 Å². The lowest BCUT2D eigenvalue weighted by molar-refractivity contribution is -0.139. The van der Waals surface area contributed by atoms with E-state index < -0.39 is 6.04 Å². The van der Waals surface area contributed by atoms with Gasteiger partial charge < -0.3 is 20.3 Å². The molecule has 2 N–H and O–H groups in total. The summed E-state index contributed by atoms with van der Waals surface area (Å²) in [6.07, 6.45) is 6.05. The van der Waals surface area contributed by atoms with Crippen molar-refractivity contribution in [1.82, 2.24) is 10.2 Å². The van der Waals surface area contributed by atoms with Gasteiger partial charge in [0.2, 0.25) is 5.91 Å². The van der Waals surface area contributed by atoms with E-state index >= 15 is 0 Å². The Balaban J connectivity index is 2.15. The lowest BCUT2D eigenvalue weighted by Crippen LogP contribution is -2.46. The van der Waals surface area contributed by atoms with E-state index in [0.717, 1.165) is 24.1 Å². The van der Waals surface area contributed by atoms with Crippen LogP contribution in [0.3, 0.4) is 0 Å². The number of thiocarbonyl (C=S) groups is 1. The van der Waals surface area contributed by atoms with E-state index in [9.17, 15) is 9.59 Å². The number of carbonyl (C=O) groups excluding carboxylic acids is 2. The standard InChI is InChI=1S/C23H33N3O3S/c1-5-7-8-9-10-14-19(27)24-18-13-11-12-17(15-18)21-20(22(28)29-6-2)16(3)26(4)23(30)25-21/h11-13,15,21H,5-10,14H2,1-4H3,(H,24,27)(H,25,30). The highest BCUT2D eigenvalue weighted by Gasteiger charge is 2.33. The molecule has 1 amide bonds. The number of carbonyl (C=O) groups is 2. The summed E-state index contributed by atoms with van der Waals surface area (Å²) in [6.45, 7) is 6.11. The molecule has 30 heavy (non-hydrogen) atoms. The minimum Gasteiger partial charge on any atom is -0.463 e. The van der Waals surface area contributed by atoms with Crippen LogP contribution in [0.1, 0.15) is 70.9 Å². The summed E-state index contributed by atoms with van der Waals surface area (Å²) in [5, 5.41) is 6.73. The van der Waals surface area contributed by atoms with Crippen LogP contribution in [0.2, 0.25) is 0 Å². The van der Waals surface area contributed by atoms with Crippen molar-refractivity contribution >= 4 is 34.9 Å². The van der Waals surface area contributed by atoms with Crippen LogP contribution in [0.25, 0.3) is 0 Å². The molecule has 0 fully saturated rings. The molecule has 1 aromatic rings. The molecule has 0 radical (unpaired) electrons. The highest BCUT2D eigenvalue weighted by atomic mass is 32.1. The van der Waals surface area contributed by atoms with Crippen LogP contribution < -0.4 is 10.6 Å². The first-order chi connectivity index (χ1) is 14.4. The number of esters is 1. The molecule has 0 saturated carbocycles. The van der Waals surface area contributed by atoms with Crippen LogP contribution in [0.5, 0.6) is 0 Å². The minimum absolute atomic E-state index is 0.00726. The fourth-order valence-electron chi connectivity index (χ4n) is 3.47. The number of ether oxygens (including phenoxy) is 1. The highest BCUT2D eigenvalue weighted by molar-refractivity contribution is 7.80. The molecule has 0 aromatic heterocycles. The molecule has 1 unspecified atom stereocenters. The van der Waals surface area contributed by atoms with Crippen LogP contribution in [0.15, 0.2) is 35.5 Å². The van der Waals surface area contributed by atoms with Crippen LogP contribution in [-0.2, 0) is 14.3 Å². The minimum atomic E-state index is -0.432.